The number of thiazole rings is 1. The van der Waals surface area contributed by atoms with Gasteiger partial charge in [0.2, 0.25) is 10.0 Å². The fourth-order valence-electron chi connectivity index (χ4n) is 7.51. The molecule has 3 saturated carbocycles. The average molecular weight is 711 g/mol. The van der Waals surface area contributed by atoms with Crippen molar-refractivity contribution in [3.05, 3.63) is 48.0 Å². The molecule has 11 nitrogen and oxygen atoms in total. The third-order valence-electron chi connectivity index (χ3n) is 10.9. The summed E-state index contributed by atoms with van der Waals surface area (Å²) in [7, 11) is -2.20. The Morgan fingerprint density at radius 2 is 1.92 bits per heavy atom. The molecule has 6 fully saturated rings. The molecule has 2 aromatic carbocycles. The van der Waals surface area contributed by atoms with E-state index in [9.17, 15) is 13.2 Å². The van der Waals surface area contributed by atoms with Crippen LogP contribution in [0.25, 0.3) is 10.2 Å². The van der Waals surface area contributed by atoms with Crippen LogP contribution in [0.15, 0.2) is 47.4 Å². The highest BCUT2D eigenvalue weighted by molar-refractivity contribution is 7.89. The number of aromatic nitrogens is 1. The Labute approximate surface area is 292 Å². The van der Waals surface area contributed by atoms with Crippen LogP contribution in [0.1, 0.15) is 63.9 Å². The number of anilines is 1. The molecule has 2 N–H and O–H groups in total. The molecule has 4 heterocycles. The van der Waals surface area contributed by atoms with Gasteiger partial charge in [-0.3, -0.25) is 0 Å². The number of methoxy groups -OCH3 is 1. The zero-order chi connectivity index (χ0) is 33.8. The molecular formula is C36H46N4O7S2. The number of hydrogen-bond donors (Lipinski definition) is 2. The summed E-state index contributed by atoms with van der Waals surface area (Å²) in [5.74, 6) is 1.20. The molecule has 49 heavy (non-hydrogen) atoms. The van der Waals surface area contributed by atoms with Gasteiger partial charge in [-0.2, -0.15) is 4.31 Å². The van der Waals surface area contributed by atoms with Crippen LogP contribution in [0.4, 0.5) is 9.93 Å². The monoisotopic (exact) mass is 710 g/mol. The van der Waals surface area contributed by atoms with E-state index in [-0.39, 0.29) is 47.3 Å². The lowest BCUT2D eigenvalue weighted by Gasteiger charge is -2.30. The number of hydrogen-bond acceptors (Lipinski definition) is 10. The molecule has 9 rings (SSSR count). The van der Waals surface area contributed by atoms with Gasteiger partial charge in [-0.05, 0) is 99.1 Å². The summed E-state index contributed by atoms with van der Waals surface area (Å²) in [5.41, 5.74) is 1.74. The number of ether oxygens (including phenoxy) is 4. The second kappa shape index (κ2) is 13.3. The highest BCUT2D eigenvalue weighted by Crippen LogP contribution is 2.47. The quantitative estimate of drug-likeness (QED) is 0.209. The van der Waals surface area contributed by atoms with Crippen LogP contribution in [0, 0.1) is 17.3 Å². The van der Waals surface area contributed by atoms with Crippen LogP contribution in [0.2, 0.25) is 0 Å². The maximum Gasteiger partial charge on any atom is 0.407 e. The predicted octanol–water partition coefficient (Wildman–Crippen LogP) is 5.94. The number of fused-ring (bicyclic) bond motifs is 3. The van der Waals surface area contributed by atoms with Gasteiger partial charge in [0.15, 0.2) is 11.4 Å². The Kier molecular flexibility index (Phi) is 9.01. The molecule has 3 aliphatic carbocycles. The van der Waals surface area contributed by atoms with Crippen molar-refractivity contribution in [1.82, 2.24) is 14.6 Å². The molecule has 3 aromatic rings. The largest absolute Gasteiger partial charge is 0.497 e. The lowest BCUT2D eigenvalue weighted by Crippen LogP contribution is -2.45. The van der Waals surface area contributed by atoms with Crippen LogP contribution >= 0.6 is 11.3 Å². The van der Waals surface area contributed by atoms with E-state index >= 15 is 0 Å². The standard InChI is InChI=1S/C36H46N4O7S2/c1-36(14-15-36)21-40(49(42,43)28-11-12-29-31(19-28)48-34(39-29)37-25-7-8-25)16-13-26(17-22-3-9-27(44-2)10-4-22)38-35(41)47-32-24-6-5-23-18-30(32)46-33(23)45-20-24/h3-4,9-12,19,23-26,30,32-33H,5-8,13-18,20-21H2,1-2H3,(H,37,39)(H,38,41)/t23?,24?,26-,30?,32?,33?/m1/s1. The summed E-state index contributed by atoms with van der Waals surface area (Å²) in [4.78, 5) is 18.5. The van der Waals surface area contributed by atoms with Crippen molar-refractivity contribution in [3.63, 3.8) is 0 Å². The number of carbonyl (C=O) groups is 1. The summed E-state index contributed by atoms with van der Waals surface area (Å²) in [6, 6.07) is 13.1. The normalized spacial score (nSPS) is 27.5. The number of carbonyl (C=O) groups excluding carboxylic acids is 1. The summed E-state index contributed by atoms with van der Waals surface area (Å²) in [6.45, 7) is 3.35. The Bertz CT molecular complexity index is 1760. The van der Waals surface area contributed by atoms with Crippen LogP contribution in [-0.4, -0.2) is 81.2 Å². The second-order valence-corrected chi connectivity index (χ2v) is 17.9. The Morgan fingerprint density at radius 1 is 1.12 bits per heavy atom. The highest BCUT2D eigenvalue weighted by Gasteiger charge is 2.50. The molecule has 4 bridgehead atoms. The topological polar surface area (TPSA) is 128 Å². The van der Waals surface area contributed by atoms with Gasteiger partial charge >= 0.3 is 6.09 Å². The highest BCUT2D eigenvalue weighted by atomic mass is 32.2. The van der Waals surface area contributed by atoms with Gasteiger partial charge in [-0.1, -0.05) is 30.4 Å². The Hall–Kier alpha value is -2.97. The number of nitrogens with zero attached hydrogens (tertiary/aromatic N) is 2. The third kappa shape index (κ3) is 7.42. The van der Waals surface area contributed by atoms with Crippen molar-refractivity contribution in [2.75, 3.05) is 32.1 Å². The van der Waals surface area contributed by atoms with Gasteiger partial charge in [0.25, 0.3) is 0 Å². The first-order chi connectivity index (χ1) is 23.6. The number of alkyl carbamates (subject to hydrolysis) is 1. The van der Waals surface area contributed by atoms with Gasteiger partial charge in [0.05, 0.1) is 34.9 Å². The van der Waals surface area contributed by atoms with Crippen molar-refractivity contribution < 1.29 is 32.2 Å². The van der Waals surface area contributed by atoms with Crippen molar-refractivity contribution in [2.45, 2.75) is 100 Å². The van der Waals surface area contributed by atoms with Crippen molar-refractivity contribution >= 4 is 42.8 Å². The molecule has 13 heteroatoms. The van der Waals surface area contributed by atoms with Crippen molar-refractivity contribution in [3.8, 4) is 5.75 Å². The Morgan fingerprint density at radius 3 is 2.67 bits per heavy atom. The molecule has 5 unspecified atom stereocenters. The molecule has 3 saturated heterocycles. The fourth-order valence-corrected chi connectivity index (χ4v) is 10.2. The molecule has 0 radical (unpaired) electrons. The minimum atomic E-state index is -3.83. The zero-order valence-corrected chi connectivity index (χ0v) is 29.8. The lowest BCUT2D eigenvalue weighted by atomic mass is 9.96. The van der Waals surface area contributed by atoms with Crippen LogP contribution < -0.4 is 15.4 Å². The molecule has 264 valence electrons. The molecule has 6 atom stereocenters. The zero-order valence-electron chi connectivity index (χ0n) is 28.1. The van der Waals surface area contributed by atoms with Crippen LogP contribution in [-0.2, 0) is 30.7 Å². The van der Waals surface area contributed by atoms with E-state index in [1.54, 1.807) is 29.6 Å². The summed E-state index contributed by atoms with van der Waals surface area (Å²) in [5, 5.41) is 7.38. The minimum Gasteiger partial charge on any atom is -0.497 e. The first-order valence-electron chi connectivity index (χ1n) is 17.7. The number of nitrogens with one attached hydrogen (secondary N) is 2. The van der Waals surface area contributed by atoms with Gasteiger partial charge in [0, 0.05) is 37.0 Å². The minimum absolute atomic E-state index is 0.0549. The molecule has 3 aliphatic heterocycles. The lowest BCUT2D eigenvalue weighted by molar-refractivity contribution is -0.139. The van der Waals surface area contributed by atoms with E-state index in [1.165, 1.54) is 11.3 Å². The third-order valence-corrected chi connectivity index (χ3v) is 13.7. The first-order valence-corrected chi connectivity index (χ1v) is 19.9. The van der Waals surface area contributed by atoms with E-state index in [4.69, 9.17) is 18.9 Å². The van der Waals surface area contributed by atoms with Crippen LogP contribution in [0.3, 0.4) is 0 Å². The summed E-state index contributed by atoms with van der Waals surface area (Å²) >= 11 is 1.49. The molecule has 6 aliphatic rings. The van der Waals surface area contributed by atoms with E-state index in [1.807, 2.05) is 24.3 Å². The number of benzene rings is 2. The smallest absolute Gasteiger partial charge is 0.407 e. The summed E-state index contributed by atoms with van der Waals surface area (Å²) < 4.78 is 54.7. The predicted molar refractivity (Wildman–Crippen MR) is 186 cm³/mol. The maximum absolute atomic E-state index is 14.3. The first kappa shape index (κ1) is 33.2. The fraction of sp³-hybridized carbons (Fsp3) is 0.611. The number of rotatable bonds is 14. The molecule has 0 spiro atoms. The van der Waals surface area contributed by atoms with Crippen molar-refractivity contribution in [2.24, 2.45) is 17.3 Å². The van der Waals surface area contributed by atoms with E-state index in [0.29, 0.717) is 38.0 Å². The van der Waals surface area contributed by atoms with Gasteiger partial charge < -0.3 is 29.6 Å². The summed E-state index contributed by atoms with van der Waals surface area (Å²) in [6.07, 6.45) is 6.75. The van der Waals surface area contributed by atoms with E-state index in [2.05, 4.69) is 22.5 Å². The second-order valence-electron chi connectivity index (χ2n) is 15.0. The number of amides is 1. The Balaban J connectivity index is 1.00. The average Bonchev–Trinajstić information content (AvgIpc) is 3.99. The van der Waals surface area contributed by atoms with Gasteiger partial charge in [-0.25, -0.2) is 18.2 Å². The van der Waals surface area contributed by atoms with Crippen LogP contribution in [0.5, 0.6) is 5.75 Å². The SMILES string of the molecule is COc1ccc(C[C@@H](CCN(CC2(C)CC2)S(=O)(=O)c2ccc3nc(NC4CC4)sc3c2)NC(=O)OC2C3CCC4CC2OC4OC3)cc1. The molecule has 1 amide bonds. The van der Waals surface area contributed by atoms with E-state index < -0.39 is 16.1 Å². The molecule has 1 aromatic heterocycles. The molecular weight excluding hydrogens is 665 g/mol. The van der Waals surface area contributed by atoms with Crippen molar-refractivity contribution in [1.29, 1.82) is 0 Å². The maximum atomic E-state index is 14.3. The number of sulfonamides is 1. The van der Waals surface area contributed by atoms with Gasteiger partial charge in [0.1, 0.15) is 11.9 Å². The van der Waals surface area contributed by atoms with Gasteiger partial charge in [-0.15, -0.1) is 0 Å². The van der Waals surface area contributed by atoms with E-state index in [0.717, 1.165) is 71.6 Å².